The molecule has 0 saturated heterocycles. The highest BCUT2D eigenvalue weighted by Crippen LogP contribution is 2.34. The van der Waals surface area contributed by atoms with E-state index < -0.39 is 0 Å². The Morgan fingerprint density at radius 1 is 1.07 bits per heavy atom. The van der Waals surface area contributed by atoms with E-state index >= 15 is 0 Å². The van der Waals surface area contributed by atoms with Gasteiger partial charge in [-0.15, -0.1) is 0 Å². The van der Waals surface area contributed by atoms with Crippen molar-refractivity contribution in [3.8, 4) is 34.5 Å². The summed E-state index contributed by atoms with van der Waals surface area (Å²) in [6.07, 6.45) is 4.33. The van der Waals surface area contributed by atoms with Crippen molar-refractivity contribution in [2.45, 2.75) is 52.3 Å². The zero-order chi connectivity index (χ0) is 29.6. The molecule has 1 aliphatic rings. The third-order valence-electron chi connectivity index (χ3n) is 7.87. The Bertz CT molecular complexity index is 1550. The predicted octanol–water partition coefficient (Wildman–Crippen LogP) is 5.25. The number of nitrogens with zero attached hydrogens (tertiary/aromatic N) is 4. The molecular formula is C33H38N4O5. The largest absolute Gasteiger partial charge is 0.497 e. The third-order valence-corrected chi connectivity index (χ3v) is 7.87. The molecule has 5 rings (SSSR count). The van der Waals surface area contributed by atoms with Gasteiger partial charge in [0.2, 0.25) is 5.88 Å². The number of hydrogen-bond acceptors (Lipinski definition) is 8. The normalized spacial score (nSPS) is 13.8. The molecule has 0 bridgehead atoms. The van der Waals surface area contributed by atoms with Gasteiger partial charge in [-0.3, -0.25) is 9.69 Å². The number of aromatic nitrogens is 3. The first-order valence-corrected chi connectivity index (χ1v) is 14.3. The number of fused-ring (bicyclic) bond motifs is 1. The van der Waals surface area contributed by atoms with Crippen LogP contribution < -0.4 is 14.2 Å². The zero-order valence-electron chi connectivity index (χ0n) is 24.7. The number of carbonyl (C=O) groups excluding carboxylic acids is 1. The van der Waals surface area contributed by atoms with E-state index in [1.54, 1.807) is 7.11 Å². The molecule has 0 fully saturated rings. The number of pyridine rings is 1. The van der Waals surface area contributed by atoms with Gasteiger partial charge in [-0.1, -0.05) is 31.2 Å². The van der Waals surface area contributed by atoms with Crippen LogP contribution in [-0.4, -0.2) is 64.0 Å². The summed E-state index contributed by atoms with van der Waals surface area (Å²) in [5.74, 6) is 2.08. The predicted molar refractivity (Wildman–Crippen MR) is 161 cm³/mol. The van der Waals surface area contributed by atoms with Crippen LogP contribution >= 0.6 is 0 Å². The van der Waals surface area contributed by atoms with E-state index in [1.165, 1.54) is 36.0 Å². The van der Waals surface area contributed by atoms with Crippen molar-refractivity contribution in [3.63, 3.8) is 0 Å². The lowest BCUT2D eigenvalue weighted by molar-refractivity contribution is 0.101. The van der Waals surface area contributed by atoms with E-state index in [4.69, 9.17) is 19.2 Å². The van der Waals surface area contributed by atoms with E-state index in [1.807, 2.05) is 36.4 Å². The molecular weight excluding hydrogens is 532 g/mol. The van der Waals surface area contributed by atoms with Crippen molar-refractivity contribution in [2.75, 3.05) is 27.4 Å². The van der Waals surface area contributed by atoms with Crippen LogP contribution in [0.5, 0.6) is 17.4 Å². The summed E-state index contributed by atoms with van der Waals surface area (Å²) < 4.78 is 18.9. The molecule has 0 amide bonds. The Hall–Kier alpha value is -4.21. The lowest BCUT2D eigenvalue weighted by atomic mass is 9.95. The highest BCUT2D eigenvalue weighted by molar-refractivity contribution is 5.96. The molecule has 2 aromatic heterocycles. The fourth-order valence-corrected chi connectivity index (χ4v) is 5.58. The maximum atomic E-state index is 12.0. The van der Waals surface area contributed by atoms with Crippen LogP contribution in [0.4, 0.5) is 0 Å². The number of carbonyl (C=O) groups is 1. The highest BCUT2D eigenvalue weighted by Gasteiger charge is 2.23. The monoisotopic (exact) mass is 570 g/mol. The van der Waals surface area contributed by atoms with Crippen molar-refractivity contribution in [3.05, 3.63) is 83.0 Å². The average molecular weight is 571 g/mol. The number of aliphatic hydroxyl groups excluding tert-OH is 1. The van der Waals surface area contributed by atoms with Crippen LogP contribution in [0.15, 0.2) is 60.8 Å². The molecule has 0 radical (unpaired) electrons. The van der Waals surface area contributed by atoms with Crippen molar-refractivity contribution in [1.29, 1.82) is 0 Å². The molecule has 1 aliphatic heterocycles. The summed E-state index contributed by atoms with van der Waals surface area (Å²) in [6.45, 7) is 6.21. The second-order valence-corrected chi connectivity index (χ2v) is 10.5. The van der Waals surface area contributed by atoms with Crippen molar-refractivity contribution in [2.24, 2.45) is 0 Å². The summed E-state index contributed by atoms with van der Waals surface area (Å²) in [5.41, 5.74) is 5.64. The van der Waals surface area contributed by atoms with E-state index in [0.29, 0.717) is 47.1 Å². The van der Waals surface area contributed by atoms with Crippen molar-refractivity contribution in [1.82, 2.24) is 19.7 Å². The minimum atomic E-state index is -0.135. The molecule has 0 aliphatic carbocycles. The van der Waals surface area contributed by atoms with Gasteiger partial charge in [-0.05, 0) is 73.2 Å². The van der Waals surface area contributed by atoms with Crippen LogP contribution in [0.2, 0.25) is 0 Å². The van der Waals surface area contributed by atoms with Crippen LogP contribution in [0.1, 0.15) is 53.7 Å². The molecule has 9 heteroatoms. The van der Waals surface area contributed by atoms with Gasteiger partial charge < -0.3 is 19.3 Å². The first-order chi connectivity index (χ1) is 20.4. The van der Waals surface area contributed by atoms with Crippen molar-refractivity contribution >= 4 is 5.78 Å². The molecule has 1 unspecified atom stereocenters. The quantitative estimate of drug-likeness (QED) is 0.231. The van der Waals surface area contributed by atoms with Crippen LogP contribution in [0.25, 0.3) is 17.1 Å². The second-order valence-electron chi connectivity index (χ2n) is 10.5. The number of Topliss-reactive ketones (excluding diaryl/α,β-unsaturated/α-hetero) is 1. The number of aliphatic hydroxyl groups is 1. The second kappa shape index (κ2) is 13.2. The van der Waals surface area contributed by atoms with Crippen LogP contribution in [-0.2, 0) is 19.6 Å². The number of rotatable bonds is 12. The van der Waals surface area contributed by atoms with E-state index in [-0.39, 0.29) is 12.4 Å². The van der Waals surface area contributed by atoms with Crippen LogP contribution in [0.3, 0.4) is 0 Å². The maximum Gasteiger partial charge on any atom is 0.228 e. The Morgan fingerprint density at radius 3 is 2.67 bits per heavy atom. The summed E-state index contributed by atoms with van der Waals surface area (Å²) in [5, 5.41) is 13.8. The van der Waals surface area contributed by atoms with Gasteiger partial charge in [0.15, 0.2) is 11.6 Å². The van der Waals surface area contributed by atoms with Crippen molar-refractivity contribution < 1.29 is 24.1 Å². The fourth-order valence-electron chi connectivity index (χ4n) is 5.58. The van der Waals surface area contributed by atoms with E-state index in [9.17, 15) is 9.90 Å². The Labute approximate surface area is 246 Å². The molecule has 3 heterocycles. The number of ketones is 1. The van der Waals surface area contributed by atoms with E-state index in [0.717, 1.165) is 43.5 Å². The Kier molecular flexibility index (Phi) is 9.19. The molecule has 0 saturated carbocycles. The molecule has 2 aromatic carbocycles. The summed E-state index contributed by atoms with van der Waals surface area (Å²) in [6, 6.07) is 18.3. The first kappa shape index (κ1) is 29.3. The lowest BCUT2D eigenvalue weighted by Crippen LogP contribution is -2.39. The van der Waals surface area contributed by atoms with Gasteiger partial charge >= 0.3 is 0 Å². The zero-order valence-corrected chi connectivity index (χ0v) is 24.7. The minimum Gasteiger partial charge on any atom is -0.497 e. The van der Waals surface area contributed by atoms with Gasteiger partial charge in [0.1, 0.15) is 18.1 Å². The summed E-state index contributed by atoms with van der Waals surface area (Å²) in [7, 11) is 3.13. The minimum absolute atomic E-state index is 0.135. The topological polar surface area (TPSA) is 98.9 Å². The summed E-state index contributed by atoms with van der Waals surface area (Å²) >= 11 is 0. The molecule has 220 valence electrons. The number of benzene rings is 2. The number of ether oxygens (including phenoxy) is 3. The van der Waals surface area contributed by atoms with Crippen LogP contribution in [0, 0.1) is 0 Å². The van der Waals surface area contributed by atoms with Gasteiger partial charge in [0, 0.05) is 31.3 Å². The molecule has 0 spiro atoms. The molecule has 1 N–H and O–H groups in total. The lowest BCUT2D eigenvalue weighted by Gasteiger charge is -2.35. The first-order valence-electron chi connectivity index (χ1n) is 14.3. The smallest absolute Gasteiger partial charge is 0.228 e. The van der Waals surface area contributed by atoms with E-state index in [2.05, 4.69) is 35.1 Å². The van der Waals surface area contributed by atoms with Gasteiger partial charge in [0.05, 0.1) is 31.7 Å². The third kappa shape index (κ3) is 6.17. The van der Waals surface area contributed by atoms with Gasteiger partial charge in [-0.2, -0.15) is 9.78 Å². The maximum absolute atomic E-state index is 12.0. The molecule has 9 nitrogen and oxygen atoms in total. The Balaban J connectivity index is 1.38. The van der Waals surface area contributed by atoms with Gasteiger partial charge in [0.25, 0.3) is 0 Å². The average Bonchev–Trinajstić information content (AvgIpc) is 3.47. The fraction of sp³-hybridized carbons (Fsp3) is 0.364. The summed E-state index contributed by atoms with van der Waals surface area (Å²) in [4.78, 5) is 19.3. The Morgan fingerprint density at radius 2 is 1.93 bits per heavy atom. The molecule has 42 heavy (non-hydrogen) atoms. The number of methoxy groups -OCH3 is 2. The van der Waals surface area contributed by atoms with Gasteiger partial charge in [-0.25, -0.2) is 4.98 Å². The highest BCUT2D eigenvalue weighted by atomic mass is 16.5. The number of hydrogen-bond donors (Lipinski definition) is 1. The standard InChI is InChI=1S/C33H38N4O5/c1-5-26(14-16-38)36-15-13-24-17-23(9-10-25(24)20-36)21-42-31-12-11-27(40-3)18-28(31)30-7-6-8-32(35-30)37-33(41-4)29(19-34-37)22(2)39/h6-12,17-19,26,38H,5,13-16,20-21H2,1-4H3. The molecule has 1 atom stereocenters. The molecule has 4 aromatic rings. The SMILES string of the molecule is CCC(CCO)N1CCc2cc(COc3ccc(OC)cc3-c3cccc(-n4ncc(C(C)=O)c4OC)n3)ccc2C1.